The van der Waals surface area contributed by atoms with E-state index in [-0.39, 0.29) is 12.4 Å². The van der Waals surface area contributed by atoms with Crippen LogP contribution in [-0.4, -0.2) is 16.3 Å². The molecule has 19 heavy (non-hydrogen) atoms. The molecule has 0 saturated heterocycles. The Hall–Kier alpha value is -2.32. The highest BCUT2D eigenvalue weighted by atomic mass is 19.1. The van der Waals surface area contributed by atoms with Gasteiger partial charge in [-0.15, -0.1) is 0 Å². The second-order valence-electron chi connectivity index (χ2n) is 3.99. The van der Waals surface area contributed by atoms with Crippen LogP contribution in [0.5, 0.6) is 5.75 Å². The smallest absolute Gasteiger partial charge is 0.128 e. The van der Waals surface area contributed by atoms with Crippen molar-refractivity contribution in [3.63, 3.8) is 0 Å². The lowest BCUT2D eigenvalue weighted by atomic mass is 10.2. The summed E-state index contributed by atoms with van der Waals surface area (Å²) >= 11 is 0. The Morgan fingerprint density at radius 2 is 2.26 bits per heavy atom. The minimum atomic E-state index is -0.384. The number of benzene rings is 1. The SMILES string of the molecule is Cn1cc(COc2cc(F)cc(C#CCN)c2)cn1. The summed E-state index contributed by atoms with van der Waals surface area (Å²) in [6, 6.07) is 4.35. The molecule has 0 spiro atoms. The third-order valence-corrected chi connectivity index (χ3v) is 2.37. The zero-order valence-electron chi connectivity index (χ0n) is 10.6. The van der Waals surface area contributed by atoms with Crippen molar-refractivity contribution in [1.82, 2.24) is 9.78 Å². The maximum absolute atomic E-state index is 13.4. The topological polar surface area (TPSA) is 53.1 Å². The van der Waals surface area contributed by atoms with Gasteiger partial charge in [-0.05, 0) is 12.1 Å². The second kappa shape index (κ2) is 6.03. The summed E-state index contributed by atoms with van der Waals surface area (Å²) < 4.78 is 20.6. The van der Waals surface area contributed by atoms with Crippen molar-refractivity contribution in [2.75, 3.05) is 6.54 Å². The highest BCUT2D eigenvalue weighted by molar-refractivity contribution is 5.40. The van der Waals surface area contributed by atoms with E-state index in [1.54, 1.807) is 16.9 Å². The molecular formula is C14H14FN3O. The first-order chi connectivity index (χ1) is 9.17. The largest absolute Gasteiger partial charge is 0.489 e. The molecule has 0 radical (unpaired) electrons. The van der Waals surface area contributed by atoms with Crippen molar-refractivity contribution in [2.24, 2.45) is 12.8 Å². The normalized spacial score (nSPS) is 9.84. The third-order valence-electron chi connectivity index (χ3n) is 2.37. The van der Waals surface area contributed by atoms with Crippen molar-refractivity contribution in [1.29, 1.82) is 0 Å². The molecular weight excluding hydrogens is 245 g/mol. The predicted molar refractivity (Wildman–Crippen MR) is 69.9 cm³/mol. The van der Waals surface area contributed by atoms with Gasteiger partial charge in [0.2, 0.25) is 0 Å². The number of aryl methyl sites for hydroxylation is 1. The van der Waals surface area contributed by atoms with E-state index in [1.165, 1.54) is 12.1 Å². The van der Waals surface area contributed by atoms with Crippen molar-refractivity contribution in [2.45, 2.75) is 6.61 Å². The van der Waals surface area contributed by atoms with E-state index >= 15 is 0 Å². The van der Waals surface area contributed by atoms with E-state index in [1.807, 2.05) is 13.2 Å². The summed E-state index contributed by atoms with van der Waals surface area (Å²) in [6.07, 6.45) is 3.54. The zero-order chi connectivity index (χ0) is 13.7. The van der Waals surface area contributed by atoms with E-state index in [9.17, 15) is 4.39 Å². The molecule has 0 saturated carbocycles. The maximum atomic E-state index is 13.4. The standard InChI is InChI=1S/C14H14FN3O/c1-18-9-12(8-17-18)10-19-14-6-11(3-2-4-16)5-13(15)7-14/h5-9H,4,10,16H2,1H3. The lowest BCUT2D eigenvalue weighted by Crippen LogP contribution is -1.96. The van der Waals surface area contributed by atoms with E-state index in [2.05, 4.69) is 16.9 Å². The van der Waals surface area contributed by atoms with Crippen LogP contribution >= 0.6 is 0 Å². The van der Waals surface area contributed by atoms with Crippen LogP contribution in [0.2, 0.25) is 0 Å². The van der Waals surface area contributed by atoms with E-state index in [0.29, 0.717) is 17.9 Å². The molecule has 2 N–H and O–H groups in total. The molecule has 0 fully saturated rings. The summed E-state index contributed by atoms with van der Waals surface area (Å²) in [4.78, 5) is 0. The molecule has 0 unspecified atom stereocenters. The van der Waals surface area contributed by atoms with Crippen LogP contribution in [0.3, 0.4) is 0 Å². The Kier molecular flexibility index (Phi) is 4.16. The zero-order valence-corrected chi connectivity index (χ0v) is 10.6. The first-order valence-corrected chi connectivity index (χ1v) is 5.77. The molecule has 5 heteroatoms. The fourth-order valence-corrected chi connectivity index (χ4v) is 1.58. The number of nitrogens with zero attached hydrogens (tertiary/aromatic N) is 2. The lowest BCUT2D eigenvalue weighted by Gasteiger charge is -2.05. The van der Waals surface area contributed by atoms with Crippen LogP contribution < -0.4 is 10.5 Å². The Labute approximate surface area is 111 Å². The number of hydrogen-bond acceptors (Lipinski definition) is 3. The van der Waals surface area contributed by atoms with Crippen LogP contribution in [0.15, 0.2) is 30.6 Å². The van der Waals surface area contributed by atoms with E-state index < -0.39 is 0 Å². The summed E-state index contributed by atoms with van der Waals surface area (Å²) in [5, 5.41) is 4.03. The highest BCUT2D eigenvalue weighted by Gasteiger charge is 2.02. The molecule has 0 aliphatic rings. The highest BCUT2D eigenvalue weighted by Crippen LogP contribution is 2.17. The van der Waals surface area contributed by atoms with Crippen molar-refractivity contribution < 1.29 is 9.13 Å². The molecule has 2 rings (SSSR count). The van der Waals surface area contributed by atoms with E-state index in [4.69, 9.17) is 10.5 Å². The van der Waals surface area contributed by atoms with Crippen molar-refractivity contribution >= 4 is 0 Å². The predicted octanol–water partition coefficient (Wildman–Crippen LogP) is 1.45. The molecule has 1 heterocycles. The maximum Gasteiger partial charge on any atom is 0.128 e. The number of aromatic nitrogens is 2. The molecule has 1 aromatic carbocycles. The van der Waals surface area contributed by atoms with Crippen LogP contribution in [0, 0.1) is 17.7 Å². The Bertz CT molecular complexity index is 625. The number of rotatable bonds is 3. The number of ether oxygens (including phenoxy) is 1. The van der Waals surface area contributed by atoms with Crippen molar-refractivity contribution in [3.05, 3.63) is 47.5 Å². The van der Waals surface area contributed by atoms with Gasteiger partial charge in [-0.25, -0.2) is 4.39 Å². The Balaban J connectivity index is 2.09. The van der Waals surface area contributed by atoms with Gasteiger partial charge in [0.15, 0.2) is 0 Å². The quantitative estimate of drug-likeness (QED) is 0.849. The van der Waals surface area contributed by atoms with Crippen LogP contribution in [0.25, 0.3) is 0 Å². The van der Waals surface area contributed by atoms with Gasteiger partial charge in [-0.2, -0.15) is 5.10 Å². The van der Waals surface area contributed by atoms with Gasteiger partial charge in [0.05, 0.1) is 12.7 Å². The summed E-state index contributed by atoms with van der Waals surface area (Å²) in [5.74, 6) is 5.51. The number of halogens is 1. The summed E-state index contributed by atoms with van der Waals surface area (Å²) in [7, 11) is 1.83. The molecule has 1 aromatic heterocycles. The average Bonchev–Trinajstić information content (AvgIpc) is 2.79. The molecule has 0 aliphatic carbocycles. The van der Waals surface area contributed by atoms with Gasteiger partial charge in [0.1, 0.15) is 18.2 Å². The molecule has 2 aromatic rings. The van der Waals surface area contributed by atoms with Gasteiger partial charge in [-0.1, -0.05) is 11.8 Å². The summed E-state index contributed by atoms with van der Waals surface area (Å²) in [5.41, 5.74) is 6.75. The minimum absolute atomic E-state index is 0.238. The van der Waals surface area contributed by atoms with Gasteiger partial charge in [0.25, 0.3) is 0 Å². The molecule has 0 amide bonds. The lowest BCUT2D eigenvalue weighted by molar-refractivity contribution is 0.304. The Morgan fingerprint density at radius 3 is 2.95 bits per heavy atom. The molecule has 4 nitrogen and oxygen atoms in total. The number of hydrogen-bond donors (Lipinski definition) is 1. The van der Waals surface area contributed by atoms with Gasteiger partial charge in [-0.3, -0.25) is 4.68 Å². The molecule has 0 aliphatic heterocycles. The molecule has 0 atom stereocenters. The fourth-order valence-electron chi connectivity index (χ4n) is 1.58. The molecule has 98 valence electrons. The van der Waals surface area contributed by atoms with Gasteiger partial charge >= 0.3 is 0 Å². The monoisotopic (exact) mass is 259 g/mol. The van der Waals surface area contributed by atoms with Gasteiger partial charge < -0.3 is 10.5 Å². The van der Waals surface area contributed by atoms with Crippen LogP contribution in [0.1, 0.15) is 11.1 Å². The number of nitrogens with two attached hydrogens (primary N) is 1. The average molecular weight is 259 g/mol. The molecule has 0 bridgehead atoms. The Morgan fingerprint density at radius 1 is 1.42 bits per heavy atom. The van der Waals surface area contributed by atoms with Gasteiger partial charge in [0, 0.05) is 30.4 Å². The van der Waals surface area contributed by atoms with Crippen LogP contribution in [-0.2, 0) is 13.7 Å². The minimum Gasteiger partial charge on any atom is -0.489 e. The first kappa shape index (κ1) is 13.1. The first-order valence-electron chi connectivity index (χ1n) is 5.77. The van der Waals surface area contributed by atoms with Crippen LogP contribution in [0.4, 0.5) is 4.39 Å². The second-order valence-corrected chi connectivity index (χ2v) is 3.99. The summed E-state index contributed by atoms with van der Waals surface area (Å²) in [6.45, 7) is 0.573. The van der Waals surface area contributed by atoms with Crippen molar-refractivity contribution in [3.8, 4) is 17.6 Å². The third kappa shape index (κ3) is 3.83. The fraction of sp³-hybridized carbons (Fsp3) is 0.214. The van der Waals surface area contributed by atoms with E-state index in [0.717, 1.165) is 5.56 Å².